The highest BCUT2D eigenvalue weighted by molar-refractivity contribution is 7.99. The normalized spacial score (nSPS) is 16.2. The van der Waals surface area contributed by atoms with Crippen molar-refractivity contribution < 1.29 is 38.5 Å². The lowest BCUT2D eigenvalue weighted by molar-refractivity contribution is -0.140. The first-order valence-corrected chi connectivity index (χ1v) is 36.6. The van der Waals surface area contributed by atoms with E-state index in [1.54, 1.807) is 34.7 Å². The summed E-state index contributed by atoms with van der Waals surface area (Å²) in [6.45, 7) is 9.25. The van der Waals surface area contributed by atoms with Crippen molar-refractivity contribution in [2.45, 2.75) is 133 Å². The van der Waals surface area contributed by atoms with E-state index in [2.05, 4.69) is 28.7 Å². The molecule has 0 spiro atoms. The highest BCUT2D eigenvalue weighted by atomic mass is 35.5. The number of ether oxygens (including phenoxy) is 2. The van der Waals surface area contributed by atoms with Gasteiger partial charge in [0.1, 0.15) is 46.3 Å². The number of rotatable bonds is 18. The Kier molecular flexibility index (Phi) is 21.6. The molecule has 0 bridgehead atoms. The van der Waals surface area contributed by atoms with Crippen molar-refractivity contribution in [1.29, 1.82) is 0 Å². The number of pyridine rings is 3. The molecule has 10 aromatic rings. The molecule has 0 saturated carbocycles. The molecule has 29 heteroatoms. The van der Waals surface area contributed by atoms with Crippen molar-refractivity contribution >= 4 is 150 Å². The Labute approximate surface area is 593 Å². The Morgan fingerprint density at radius 1 is 0.592 bits per heavy atom. The highest BCUT2D eigenvalue weighted by Gasteiger charge is 2.29. The Morgan fingerprint density at radius 2 is 1.00 bits per heavy atom. The molecule has 514 valence electrons. The first kappa shape index (κ1) is 68.8. The van der Waals surface area contributed by atoms with Crippen LogP contribution in [0, 0.1) is 17.8 Å². The number of furan rings is 1. The molecule has 5 aliphatic rings. The van der Waals surface area contributed by atoms with Crippen LogP contribution in [0.5, 0.6) is 11.5 Å². The van der Waals surface area contributed by atoms with Crippen molar-refractivity contribution in [3.63, 3.8) is 0 Å². The molecule has 5 aliphatic heterocycles. The van der Waals surface area contributed by atoms with Crippen LogP contribution in [0.15, 0.2) is 120 Å². The van der Waals surface area contributed by atoms with Gasteiger partial charge in [-0.3, -0.25) is 14.4 Å². The van der Waals surface area contributed by atoms with Crippen molar-refractivity contribution in [1.82, 2.24) is 58.3 Å². The maximum Gasteiger partial charge on any atom is 0.251 e. The maximum absolute atomic E-state index is 12.1. The average Bonchev–Trinajstić information content (AvgIpc) is 1.64. The lowest BCUT2D eigenvalue weighted by atomic mass is 9.93. The third-order valence-corrected chi connectivity index (χ3v) is 23.5. The minimum absolute atomic E-state index is 0.184. The van der Waals surface area contributed by atoms with Gasteiger partial charge in [-0.25, -0.2) is 29.9 Å². The molecule has 3 aromatic carbocycles. The summed E-state index contributed by atoms with van der Waals surface area (Å²) in [6.07, 6.45) is 17.2. The number of imidazole rings is 3. The number of nitrogens with two attached hydrogens (primary N) is 3. The number of aliphatic hydroxyl groups excluding tert-OH is 2. The summed E-state index contributed by atoms with van der Waals surface area (Å²) < 4.78 is 23.6. The Morgan fingerprint density at radius 3 is 1.42 bits per heavy atom. The summed E-state index contributed by atoms with van der Waals surface area (Å²) in [7, 11) is 0. The summed E-state index contributed by atoms with van der Waals surface area (Å²) in [5.41, 5.74) is 26.4. The van der Waals surface area contributed by atoms with Crippen molar-refractivity contribution in [3.8, 4) is 11.5 Å². The van der Waals surface area contributed by atoms with Crippen LogP contribution in [-0.4, -0.2) is 152 Å². The Hall–Kier alpha value is -7.69. The molecular formula is C69H76Cl3N15O8S3. The van der Waals surface area contributed by atoms with Crippen LogP contribution in [0.2, 0.25) is 15.1 Å². The van der Waals surface area contributed by atoms with Crippen molar-refractivity contribution in [2.75, 3.05) is 76.3 Å². The minimum Gasteiger partial charge on any atom is -0.493 e. The second-order valence-corrected chi connectivity index (χ2v) is 29.5. The number of halogens is 3. The summed E-state index contributed by atoms with van der Waals surface area (Å²) in [6, 6.07) is 19.5. The number of hydrogen-bond acceptors (Lipinski definition) is 20. The number of fused-ring (bicyclic) bond motifs is 6. The van der Waals surface area contributed by atoms with E-state index in [9.17, 15) is 19.5 Å². The number of carbonyl (C=O) groups excluding carboxylic acids is 3. The molecule has 8 N–H and O–H groups in total. The van der Waals surface area contributed by atoms with E-state index in [0.29, 0.717) is 106 Å². The number of aryl methyl sites for hydroxylation is 3. The fourth-order valence-electron chi connectivity index (χ4n) is 13.4. The summed E-state index contributed by atoms with van der Waals surface area (Å²) >= 11 is 24.3. The van der Waals surface area contributed by atoms with Gasteiger partial charge < -0.3 is 69.7 Å². The van der Waals surface area contributed by atoms with Crippen molar-refractivity contribution in [2.24, 2.45) is 17.8 Å². The van der Waals surface area contributed by atoms with Gasteiger partial charge in [0.15, 0.2) is 32.9 Å². The first-order valence-electron chi connectivity index (χ1n) is 33.0. The number of hydrogen-bond donors (Lipinski definition) is 5. The number of piperidine rings is 3. The fourth-order valence-corrected chi connectivity index (χ4v) is 17.2. The predicted molar refractivity (Wildman–Crippen MR) is 382 cm³/mol. The zero-order chi connectivity index (χ0) is 68.1. The number of anilines is 3. The topological polar surface area (TPSA) is 303 Å². The largest absolute Gasteiger partial charge is 0.493 e. The standard InChI is InChI=1S/C24H28ClN5O3S.C23H26ClN5O3S.C22H22ClN5O2S/c1-14(31)23(32)29-8-3-15(4-9-29)5-10-30-18-2-7-27-22(26)21(18)28-24(30)34-20-13-19-16(6-11-33-19)12-17(20)25;24-16-11-15-5-10-32-18(15)12-19(16)33-23-27-21-17(1-6-26-22(21)25)29(23)9-4-14-2-7-28(8-3-14)20(31)13-30;23-16-11-15-5-10-30-18(15)12-19(16)31-22-26-20-17(1-6-25-21(20)24)28(22)9-4-14-2-7-27(13-29)8-3-14/h2,7,12-15,31H,3-6,8-11H2,1H3,(H2,26,27);1,6,11-12,14,30H,2-5,7-10,13H2,(H2,25,26);1,5-6,10-14H,2-4,7-9H2,(H2,24,25)/t14-;;/m1../s1. The van der Waals surface area contributed by atoms with Crippen LogP contribution in [0.4, 0.5) is 17.5 Å². The molecule has 7 aromatic heterocycles. The average molecular weight is 1450 g/mol. The zero-order valence-corrected chi connectivity index (χ0v) is 58.8. The molecule has 12 heterocycles. The van der Waals surface area contributed by atoms with Gasteiger partial charge in [-0.15, -0.1) is 0 Å². The van der Waals surface area contributed by atoms with E-state index in [0.717, 1.165) is 190 Å². The van der Waals surface area contributed by atoms with E-state index in [1.807, 2.05) is 65.6 Å². The van der Waals surface area contributed by atoms with Crippen LogP contribution in [-0.2, 0) is 46.9 Å². The Bertz CT molecular complexity index is 4560. The zero-order valence-electron chi connectivity index (χ0n) is 54.0. The predicted octanol–water partition coefficient (Wildman–Crippen LogP) is 12.0. The van der Waals surface area contributed by atoms with Gasteiger partial charge in [0.05, 0.1) is 51.1 Å². The molecule has 98 heavy (non-hydrogen) atoms. The number of benzene rings is 3. The van der Waals surface area contributed by atoms with E-state index in [-0.39, 0.29) is 11.8 Å². The number of nitrogen functional groups attached to an aromatic ring is 3. The summed E-state index contributed by atoms with van der Waals surface area (Å²) in [5.74, 6) is 4.20. The molecule has 0 aliphatic carbocycles. The molecule has 15 rings (SSSR count). The lowest BCUT2D eigenvalue weighted by Gasteiger charge is -2.32. The Balaban J connectivity index is 0.000000132. The van der Waals surface area contributed by atoms with Gasteiger partial charge in [-0.2, -0.15) is 0 Å². The molecule has 23 nitrogen and oxygen atoms in total. The van der Waals surface area contributed by atoms with Gasteiger partial charge in [0.25, 0.3) is 5.91 Å². The number of carbonyl (C=O) groups is 3. The van der Waals surface area contributed by atoms with E-state index >= 15 is 0 Å². The van der Waals surface area contributed by atoms with Gasteiger partial charge in [0, 0.05) is 110 Å². The minimum atomic E-state index is -0.941. The second-order valence-electron chi connectivity index (χ2n) is 25.2. The van der Waals surface area contributed by atoms with Crippen molar-refractivity contribution in [3.05, 3.63) is 112 Å². The summed E-state index contributed by atoms with van der Waals surface area (Å²) in [4.78, 5) is 69.9. The molecular weight excluding hydrogens is 1370 g/mol. The third-order valence-electron chi connectivity index (χ3n) is 19.0. The molecule has 3 amide bonds. The number of aromatic nitrogens is 9. The molecule has 1 atom stereocenters. The van der Waals surface area contributed by atoms with E-state index < -0.39 is 12.7 Å². The summed E-state index contributed by atoms with van der Waals surface area (Å²) in [5, 5.41) is 24.1. The molecule has 0 unspecified atom stereocenters. The number of nitrogens with zero attached hydrogens (tertiary/aromatic N) is 12. The van der Waals surface area contributed by atoms with E-state index in [1.165, 1.54) is 42.2 Å². The first-order chi connectivity index (χ1) is 47.5. The maximum atomic E-state index is 12.1. The van der Waals surface area contributed by atoms with Crippen LogP contribution in [0.1, 0.15) is 75.8 Å². The quantitative estimate of drug-likeness (QED) is 0.0499. The SMILES string of the molecule is C[C@@H](O)C(=O)N1CCC(CCn2c(Sc3cc4c(cc3Cl)CCO4)nc3c(N)nccc32)CC1.Nc1nccc2c1nc(Sc1cc3c(cc1Cl)CCO3)n2CCC1CCN(C(=O)CO)CC1.Nc1nccc2c1nc(Sc1cc3occc3cc1Cl)n2CCC1CCN(C=O)CC1. The van der Waals surface area contributed by atoms with Gasteiger partial charge >= 0.3 is 0 Å². The van der Waals surface area contributed by atoms with Gasteiger partial charge in [-0.05, 0) is 190 Å². The van der Waals surface area contributed by atoms with Crippen LogP contribution < -0.4 is 26.7 Å². The fraction of sp³-hybridized carbons (Fsp3) is 0.406. The highest BCUT2D eigenvalue weighted by Crippen LogP contribution is 2.44. The number of likely N-dealkylation sites (tertiary alicyclic amines) is 3. The van der Waals surface area contributed by atoms with Crippen LogP contribution >= 0.6 is 70.1 Å². The monoisotopic (exact) mass is 1440 g/mol. The smallest absolute Gasteiger partial charge is 0.251 e. The second kappa shape index (κ2) is 30.8. The lowest BCUT2D eigenvalue weighted by Crippen LogP contribution is -2.43. The van der Waals surface area contributed by atoms with Gasteiger partial charge in [-0.1, -0.05) is 34.8 Å². The van der Waals surface area contributed by atoms with E-state index in [4.69, 9.17) is 86.0 Å². The third kappa shape index (κ3) is 15.4. The van der Waals surface area contributed by atoms with Crippen LogP contribution in [0.3, 0.4) is 0 Å². The van der Waals surface area contributed by atoms with Crippen LogP contribution in [0.25, 0.3) is 44.1 Å². The van der Waals surface area contributed by atoms with Gasteiger partial charge in [0.2, 0.25) is 12.3 Å². The molecule has 3 fully saturated rings. The molecule has 3 saturated heterocycles. The molecule has 0 radical (unpaired) electrons. The number of amides is 3. The number of aliphatic hydroxyl groups is 2.